The van der Waals surface area contributed by atoms with Crippen LogP contribution in [0.25, 0.3) is 0 Å². The minimum absolute atomic E-state index is 0.00898. The van der Waals surface area contributed by atoms with Gasteiger partial charge in [0.1, 0.15) is 0 Å². The monoisotopic (exact) mass is 236 g/mol. The maximum absolute atomic E-state index is 5.57. The smallest absolute Gasteiger partial charge is 0.169 e. The van der Waals surface area contributed by atoms with Gasteiger partial charge in [-0.15, -0.1) is 0 Å². The molecule has 1 fully saturated rings. The van der Waals surface area contributed by atoms with Gasteiger partial charge in [0.25, 0.3) is 0 Å². The molecule has 0 saturated carbocycles. The molecule has 0 aromatic heterocycles. The summed E-state index contributed by atoms with van der Waals surface area (Å²) in [5.74, 6) is 0. The van der Waals surface area contributed by atoms with E-state index in [4.69, 9.17) is 9.47 Å². The molecule has 1 saturated heterocycles. The molecular formula is C9H17BrO2. The van der Waals surface area contributed by atoms with Gasteiger partial charge in [-0.25, -0.2) is 0 Å². The van der Waals surface area contributed by atoms with Crippen LogP contribution in [0.2, 0.25) is 0 Å². The zero-order valence-corrected chi connectivity index (χ0v) is 9.18. The average molecular weight is 237 g/mol. The topological polar surface area (TPSA) is 18.5 Å². The summed E-state index contributed by atoms with van der Waals surface area (Å²) in [6.07, 6.45) is 4.60. The molecule has 0 spiro atoms. The maximum atomic E-state index is 5.57. The first kappa shape index (κ1) is 10.5. The van der Waals surface area contributed by atoms with Crippen LogP contribution >= 0.6 is 15.9 Å². The van der Waals surface area contributed by atoms with E-state index in [1.54, 1.807) is 0 Å². The highest BCUT2D eigenvalue weighted by Crippen LogP contribution is 2.21. The first-order chi connectivity index (χ1) is 5.84. The zero-order valence-electron chi connectivity index (χ0n) is 7.59. The lowest BCUT2D eigenvalue weighted by Crippen LogP contribution is -2.32. The number of rotatable bonds is 4. The average Bonchev–Trinajstić information content (AvgIpc) is 2.09. The first-order valence-electron chi connectivity index (χ1n) is 4.72. The number of hydrogen-bond donors (Lipinski definition) is 0. The van der Waals surface area contributed by atoms with Crippen molar-refractivity contribution in [3.05, 3.63) is 0 Å². The van der Waals surface area contributed by atoms with Gasteiger partial charge in [0.2, 0.25) is 0 Å². The summed E-state index contributed by atoms with van der Waals surface area (Å²) in [6, 6.07) is 0. The van der Waals surface area contributed by atoms with Crippen molar-refractivity contribution >= 4 is 15.9 Å². The molecule has 0 amide bonds. The summed E-state index contributed by atoms with van der Waals surface area (Å²) in [5.41, 5.74) is 0. The van der Waals surface area contributed by atoms with E-state index >= 15 is 0 Å². The zero-order chi connectivity index (χ0) is 8.81. The van der Waals surface area contributed by atoms with E-state index < -0.39 is 0 Å². The van der Waals surface area contributed by atoms with Crippen molar-refractivity contribution in [3.8, 4) is 0 Å². The fourth-order valence-corrected chi connectivity index (χ4v) is 1.84. The standard InChI is InChI=1S/C9H17BrO2/c1-2-3-6-11-9-8(10)5-4-7-12-9/h8-9H,2-7H2,1H3/t8-,9-/m1/s1. The quantitative estimate of drug-likeness (QED) is 0.552. The number of halogens is 1. The Hall–Kier alpha value is 0.400. The molecule has 0 N–H and O–H groups in total. The summed E-state index contributed by atoms with van der Waals surface area (Å²) < 4.78 is 11.0. The number of unbranched alkanes of at least 4 members (excludes halogenated alkanes) is 1. The van der Waals surface area contributed by atoms with E-state index in [2.05, 4.69) is 22.9 Å². The Labute approximate surface area is 82.7 Å². The van der Waals surface area contributed by atoms with Crippen LogP contribution in [0, 0.1) is 0 Å². The second-order valence-electron chi connectivity index (χ2n) is 3.12. The second kappa shape index (κ2) is 5.95. The van der Waals surface area contributed by atoms with E-state index in [0.717, 1.165) is 32.5 Å². The van der Waals surface area contributed by atoms with Crippen LogP contribution in [0.1, 0.15) is 32.6 Å². The molecule has 2 nitrogen and oxygen atoms in total. The molecule has 72 valence electrons. The lowest BCUT2D eigenvalue weighted by Gasteiger charge is -2.27. The largest absolute Gasteiger partial charge is 0.351 e. The molecule has 12 heavy (non-hydrogen) atoms. The number of hydrogen-bond acceptors (Lipinski definition) is 2. The molecule has 3 heteroatoms. The SMILES string of the molecule is CCCCO[C@@H]1OCCC[C@H]1Br. The van der Waals surface area contributed by atoms with Crippen molar-refractivity contribution in [2.75, 3.05) is 13.2 Å². The summed E-state index contributed by atoms with van der Waals surface area (Å²) in [4.78, 5) is 0.392. The molecule has 1 aliphatic rings. The molecule has 0 unspecified atom stereocenters. The third-order valence-electron chi connectivity index (χ3n) is 1.98. The van der Waals surface area contributed by atoms with Crippen molar-refractivity contribution in [1.82, 2.24) is 0 Å². The normalized spacial score (nSPS) is 30.5. The van der Waals surface area contributed by atoms with Crippen LogP contribution in [-0.2, 0) is 9.47 Å². The van der Waals surface area contributed by atoms with Gasteiger partial charge in [0, 0.05) is 13.2 Å². The van der Waals surface area contributed by atoms with Crippen molar-refractivity contribution in [2.24, 2.45) is 0 Å². The summed E-state index contributed by atoms with van der Waals surface area (Å²) in [5, 5.41) is 0. The molecule has 0 bridgehead atoms. The Morgan fingerprint density at radius 1 is 1.58 bits per heavy atom. The number of ether oxygens (including phenoxy) is 2. The fraction of sp³-hybridized carbons (Fsp3) is 1.00. The summed E-state index contributed by atoms with van der Waals surface area (Å²) in [7, 11) is 0. The maximum Gasteiger partial charge on any atom is 0.169 e. The Morgan fingerprint density at radius 2 is 2.42 bits per heavy atom. The lowest BCUT2D eigenvalue weighted by molar-refractivity contribution is -0.157. The van der Waals surface area contributed by atoms with Crippen molar-refractivity contribution in [1.29, 1.82) is 0 Å². The highest BCUT2D eigenvalue weighted by molar-refractivity contribution is 9.09. The minimum atomic E-state index is -0.00898. The van der Waals surface area contributed by atoms with Gasteiger partial charge < -0.3 is 9.47 Å². The first-order valence-corrected chi connectivity index (χ1v) is 5.63. The molecule has 1 rings (SSSR count). The van der Waals surface area contributed by atoms with Crippen molar-refractivity contribution < 1.29 is 9.47 Å². The van der Waals surface area contributed by atoms with E-state index in [1.807, 2.05) is 0 Å². The number of alkyl halides is 1. The van der Waals surface area contributed by atoms with Crippen LogP contribution in [0.5, 0.6) is 0 Å². The molecule has 0 aromatic carbocycles. The van der Waals surface area contributed by atoms with Crippen LogP contribution in [0.15, 0.2) is 0 Å². The van der Waals surface area contributed by atoms with Gasteiger partial charge in [0.05, 0.1) is 4.83 Å². The van der Waals surface area contributed by atoms with E-state index in [0.29, 0.717) is 4.83 Å². The molecule has 2 atom stereocenters. The van der Waals surface area contributed by atoms with Crippen LogP contribution in [-0.4, -0.2) is 24.3 Å². The molecule has 1 aliphatic heterocycles. The molecule has 0 aromatic rings. The van der Waals surface area contributed by atoms with Gasteiger partial charge in [-0.05, 0) is 19.3 Å². The van der Waals surface area contributed by atoms with E-state index in [9.17, 15) is 0 Å². The van der Waals surface area contributed by atoms with Gasteiger partial charge in [-0.2, -0.15) is 0 Å². The van der Waals surface area contributed by atoms with Crippen molar-refractivity contribution in [3.63, 3.8) is 0 Å². The summed E-state index contributed by atoms with van der Waals surface area (Å²) in [6.45, 7) is 3.83. The Kier molecular flexibility index (Phi) is 5.19. The molecular weight excluding hydrogens is 220 g/mol. The second-order valence-corrected chi connectivity index (χ2v) is 4.30. The molecule has 0 radical (unpaired) electrons. The molecule has 1 heterocycles. The van der Waals surface area contributed by atoms with E-state index in [1.165, 1.54) is 6.42 Å². The van der Waals surface area contributed by atoms with Gasteiger partial charge in [-0.1, -0.05) is 29.3 Å². The van der Waals surface area contributed by atoms with Gasteiger partial charge in [-0.3, -0.25) is 0 Å². The van der Waals surface area contributed by atoms with Gasteiger partial charge >= 0.3 is 0 Å². The van der Waals surface area contributed by atoms with Crippen molar-refractivity contribution in [2.45, 2.75) is 43.7 Å². The predicted molar refractivity (Wildman–Crippen MR) is 52.5 cm³/mol. The highest BCUT2D eigenvalue weighted by atomic mass is 79.9. The predicted octanol–water partition coefficient (Wildman–Crippen LogP) is 2.70. The van der Waals surface area contributed by atoms with Crippen LogP contribution in [0.3, 0.4) is 0 Å². The van der Waals surface area contributed by atoms with Gasteiger partial charge in [0.15, 0.2) is 6.29 Å². The third kappa shape index (κ3) is 3.42. The third-order valence-corrected chi connectivity index (χ3v) is 2.87. The van der Waals surface area contributed by atoms with Crippen LogP contribution < -0.4 is 0 Å². The lowest BCUT2D eigenvalue weighted by atomic mass is 10.2. The molecule has 0 aliphatic carbocycles. The minimum Gasteiger partial charge on any atom is -0.351 e. The fourth-order valence-electron chi connectivity index (χ4n) is 1.21. The Bertz CT molecular complexity index is 119. The summed E-state index contributed by atoms with van der Waals surface area (Å²) >= 11 is 3.56. The van der Waals surface area contributed by atoms with E-state index in [-0.39, 0.29) is 6.29 Å². The van der Waals surface area contributed by atoms with Crippen LogP contribution in [0.4, 0.5) is 0 Å². The Morgan fingerprint density at radius 3 is 3.08 bits per heavy atom. The highest BCUT2D eigenvalue weighted by Gasteiger charge is 2.23. The Balaban J connectivity index is 2.11.